The van der Waals surface area contributed by atoms with Gasteiger partial charge in [0.25, 0.3) is 0 Å². The van der Waals surface area contributed by atoms with E-state index in [9.17, 15) is 0 Å². The van der Waals surface area contributed by atoms with Crippen molar-refractivity contribution in [3.05, 3.63) is 84.9 Å². The molecule has 3 heteroatoms. The van der Waals surface area contributed by atoms with Gasteiger partial charge in [-0.2, -0.15) is 0 Å². The molecule has 0 bridgehead atoms. The van der Waals surface area contributed by atoms with Crippen molar-refractivity contribution >= 4 is 71.4 Å². The topological polar surface area (TPSA) is 26.0 Å². The van der Waals surface area contributed by atoms with Crippen LogP contribution < -0.4 is 5.73 Å². The molecule has 2 N–H and O–H groups in total. The lowest BCUT2D eigenvalue weighted by atomic mass is 9.90. The SMILES string of the molecule is Nc1c(-c2c(S)ccc3ccccc23)c2ccccc2c2c1sc1ccccc12. The first-order valence-corrected chi connectivity index (χ1v) is 10.8. The zero-order chi connectivity index (χ0) is 19.5. The van der Waals surface area contributed by atoms with Crippen LogP contribution in [0.25, 0.3) is 52.8 Å². The highest BCUT2D eigenvalue weighted by molar-refractivity contribution is 7.80. The van der Waals surface area contributed by atoms with Crippen molar-refractivity contribution in [2.24, 2.45) is 0 Å². The zero-order valence-corrected chi connectivity index (χ0v) is 17.2. The molecule has 0 spiro atoms. The number of nitrogen functional groups attached to an aromatic ring is 1. The molecule has 0 fully saturated rings. The van der Waals surface area contributed by atoms with Gasteiger partial charge in [-0.1, -0.05) is 72.8 Å². The molecule has 0 aliphatic rings. The van der Waals surface area contributed by atoms with Crippen LogP contribution in [0, 0.1) is 0 Å². The van der Waals surface area contributed by atoms with Crippen molar-refractivity contribution < 1.29 is 0 Å². The van der Waals surface area contributed by atoms with E-state index in [1.165, 1.54) is 37.0 Å². The highest BCUT2D eigenvalue weighted by atomic mass is 32.1. The average molecular weight is 408 g/mol. The van der Waals surface area contributed by atoms with Crippen LogP contribution in [0.3, 0.4) is 0 Å². The zero-order valence-electron chi connectivity index (χ0n) is 15.5. The predicted molar refractivity (Wildman–Crippen MR) is 131 cm³/mol. The standard InChI is InChI=1S/C26H17NS2/c27-25-24(23-16-8-2-1-7-15(16)13-14-20(23)28)18-10-4-3-9-17(18)22-19-11-5-6-12-21(19)29-26(22)25/h1-14,28H,27H2. The molecule has 0 atom stereocenters. The number of thiophene rings is 1. The summed E-state index contributed by atoms with van der Waals surface area (Å²) in [7, 11) is 0. The number of rotatable bonds is 1. The third kappa shape index (κ3) is 2.35. The summed E-state index contributed by atoms with van der Waals surface area (Å²) in [4.78, 5) is 0.945. The molecule has 1 heterocycles. The van der Waals surface area contributed by atoms with E-state index in [1.807, 2.05) is 0 Å². The van der Waals surface area contributed by atoms with E-state index in [2.05, 4.69) is 84.9 Å². The molecule has 0 amide bonds. The Labute approximate surface area is 177 Å². The van der Waals surface area contributed by atoms with Crippen LogP contribution in [0.15, 0.2) is 89.8 Å². The minimum atomic E-state index is 0.839. The third-order valence-electron chi connectivity index (χ3n) is 5.73. The highest BCUT2D eigenvalue weighted by Gasteiger charge is 2.20. The number of anilines is 1. The Balaban J connectivity index is 1.90. The lowest BCUT2D eigenvalue weighted by molar-refractivity contribution is 1.51. The van der Waals surface area contributed by atoms with Crippen molar-refractivity contribution in [1.82, 2.24) is 0 Å². The van der Waals surface area contributed by atoms with Crippen molar-refractivity contribution in [2.45, 2.75) is 4.90 Å². The second kappa shape index (κ2) is 6.24. The molecular weight excluding hydrogens is 390 g/mol. The Morgan fingerprint density at radius 3 is 2.10 bits per heavy atom. The van der Waals surface area contributed by atoms with Gasteiger partial charge >= 0.3 is 0 Å². The van der Waals surface area contributed by atoms with Gasteiger partial charge < -0.3 is 5.73 Å². The fourth-order valence-corrected chi connectivity index (χ4v) is 5.96. The van der Waals surface area contributed by atoms with Gasteiger partial charge in [0, 0.05) is 31.5 Å². The van der Waals surface area contributed by atoms with E-state index in [4.69, 9.17) is 18.4 Å². The first-order valence-electron chi connectivity index (χ1n) is 9.56. The molecular formula is C26H17NS2. The van der Waals surface area contributed by atoms with Crippen LogP contribution >= 0.6 is 24.0 Å². The monoisotopic (exact) mass is 407 g/mol. The molecule has 6 rings (SSSR count). The van der Waals surface area contributed by atoms with E-state index in [1.54, 1.807) is 11.3 Å². The van der Waals surface area contributed by atoms with Gasteiger partial charge in [0.1, 0.15) is 0 Å². The molecule has 0 saturated heterocycles. The predicted octanol–water partition coefficient (Wildman–Crippen LogP) is 7.90. The van der Waals surface area contributed by atoms with Crippen molar-refractivity contribution in [1.29, 1.82) is 0 Å². The Hall–Kier alpha value is -3.01. The molecule has 0 radical (unpaired) electrons. The first-order chi connectivity index (χ1) is 14.2. The van der Waals surface area contributed by atoms with Crippen molar-refractivity contribution in [2.75, 3.05) is 5.73 Å². The summed E-state index contributed by atoms with van der Waals surface area (Å²) >= 11 is 6.62. The molecule has 1 aromatic heterocycles. The molecule has 0 unspecified atom stereocenters. The van der Waals surface area contributed by atoms with Crippen molar-refractivity contribution in [3.8, 4) is 11.1 Å². The molecule has 1 nitrogen and oxygen atoms in total. The molecule has 5 aromatic carbocycles. The van der Waals surface area contributed by atoms with Gasteiger partial charge in [-0.25, -0.2) is 0 Å². The summed E-state index contributed by atoms with van der Waals surface area (Å²) in [5.74, 6) is 0. The smallest absolute Gasteiger partial charge is 0.0597 e. The maximum absolute atomic E-state index is 6.92. The van der Waals surface area contributed by atoms with Crippen molar-refractivity contribution in [3.63, 3.8) is 0 Å². The number of hydrogen-bond acceptors (Lipinski definition) is 3. The van der Waals surface area contributed by atoms with Crippen LogP contribution in [0.1, 0.15) is 0 Å². The summed E-state index contributed by atoms with van der Waals surface area (Å²) in [5, 5.41) is 7.31. The summed E-state index contributed by atoms with van der Waals surface area (Å²) < 4.78 is 2.42. The van der Waals surface area contributed by atoms with Gasteiger partial charge in [0.15, 0.2) is 0 Å². The fourth-order valence-electron chi connectivity index (χ4n) is 4.47. The van der Waals surface area contributed by atoms with Crippen LogP contribution in [0.4, 0.5) is 5.69 Å². The van der Waals surface area contributed by atoms with Gasteiger partial charge in [-0.05, 0) is 33.7 Å². The van der Waals surface area contributed by atoms with E-state index in [0.29, 0.717) is 0 Å². The van der Waals surface area contributed by atoms with E-state index >= 15 is 0 Å². The highest BCUT2D eigenvalue weighted by Crippen LogP contribution is 2.49. The number of thiol groups is 1. The number of hydrogen-bond donors (Lipinski definition) is 2. The molecule has 0 aliphatic heterocycles. The molecule has 29 heavy (non-hydrogen) atoms. The Morgan fingerprint density at radius 1 is 0.621 bits per heavy atom. The molecule has 0 saturated carbocycles. The van der Waals surface area contributed by atoms with Crippen LogP contribution in [0.2, 0.25) is 0 Å². The minimum Gasteiger partial charge on any atom is -0.397 e. The lowest BCUT2D eigenvalue weighted by Gasteiger charge is -2.17. The maximum Gasteiger partial charge on any atom is 0.0597 e. The van der Waals surface area contributed by atoms with Gasteiger partial charge in [-0.15, -0.1) is 24.0 Å². The number of fused-ring (bicyclic) bond motifs is 6. The summed E-state index contributed by atoms with van der Waals surface area (Å²) in [6, 6.07) is 29.8. The van der Waals surface area contributed by atoms with E-state index in [0.717, 1.165) is 26.4 Å². The quantitative estimate of drug-likeness (QED) is 0.210. The first kappa shape index (κ1) is 16.9. The fraction of sp³-hybridized carbons (Fsp3) is 0. The van der Waals surface area contributed by atoms with Crippen LogP contribution in [-0.2, 0) is 0 Å². The summed E-state index contributed by atoms with van der Waals surface area (Å²) in [6.45, 7) is 0. The lowest BCUT2D eigenvalue weighted by Crippen LogP contribution is -1.95. The van der Waals surface area contributed by atoms with Crippen LogP contribution in [-0.4, -0.2) is 0 Å². The maximum atomic E-state index is 6.92. The van der Waals surface area contributed by atoms with Gasteiger partial charge in [-0.3, -0.25) is 0 Å². The largest absolute Gasteiger partial charge is 0.397 e. The summed E-state index contributed by atoms with van der Waals surface area (Å²) in [5.41, 5.74) is 9.95. The average Bonchev–Trinajstić information content (AvgIpc) is 3.15. The minimum absolute atomic E-state index is 0.839. The normalized spacial score (nSPS) is 11.8. The van der Waals surface area contributed by atoms with E-state index < -0.39 is 0 Å². The van der Waals surface area contributed by atoms with E-state index in [-0.39, 0.29) is 0 Å². The van der Waals surface area contributed by atoms with Gasteiger partial charge in [0.05, 0.1) is 10.4 Å². The Kier molecular flexibility index (Phi) is 3.64. The third-order valence-corrected chi connectivity index (χ3v) is 7.31. The molecule has 0 aliphatic carbocycles. The summed E-state index contributed by atoms with van der Waals surface area (Å²) in [6.07, 6.45) is 0. The Bertz CT molecular complexity index is 1580. The molecule has 6 aromatic rings. The number of nitrogens with two attached hydrogens (primary N) is 1. The second-order valence-electron chi connectivity index (χ2n) is 7.32. The van der Waals surface area contributed by atoms with Crippen LogP contribution in [0.5, 0.6) is 0 Å². The molecule has 138 valence electrons. The van der Waals surface area contributed by atoms with Gasteiger partial charge in [0.2, 0.25) is 0 Å². The Morgan fingerprint density at radius 2 is 1.28 bits per heavy atom. The number of benzene rings is 5. The second-order valence-corrected chi connectivity index (χ2v) is 8.85.